The van der Waals surface area contributed by atoms with E-state index < -0.39 is 0 Å². The maximum atomic E-state index is 13.6. The van der Waals surface area contributed by atoms with Crippen LogP contribution in [0.5, 0.6) is 0 Å². The van der Waals surface area contributed by atoms with Crippen molar-refractivity contribution in [2.24, 2.45) is 5.41 Å². The molecule has 0 aliphatic heterocycles. The van der Waals surface area contributed by atoms with Crippen LogP contribution in [0.4, 0.5) is 4.39 Å². The van der Waals surface area contributed by atoms with E-state index in [-0.39, 0.29) is 17.8 Å². The first-order chi connectivity index (χ1) is 9.15. The second-order valence-electron chi connectivity index (χ2n) is 5.56. The molecule has 0 amide bonds. The monoisotopic (exact) mass is 285 g/mol. The average Bonchev–Trinajstić information content (AvgIpc) is 2.42. The van der Waals surface area contributed by atoms with E-state index in [2.05, 4.69) is 5.32 Å². The molecule has 2 rings (SSSR count). The molecule has 0 bridgehead atoms. The van der Waals surface area contributed by atoms with E-state index >= 15 is 0 Å². The first-order valence-corrected chi connectivity index (χ1v) is 7.29. The summed E-state index contributed by atoms with van der Waals surface area (Å²) in [6.07, 6.45) is 5.72. The van der Waals surface area contributed by atoms with Crippen LogP contribution in [0.2, 0.25) is 5.02 Å². The summed E-state index contributed by atoms with van der Waals surface area (Å²) in [7, 11) is 0. The molecule has 0 aromatic heterocycles. The Labute approximate surface area is 119 Å². The second-order valence-corrected chi connectivity index (χ2v) is 5.99. The second kappa shape index (κ2) is 6.69. The van der Waals surface area contributed by atoms with Gasteiger partial charge >= 0.3 is 0 Å². The fourth-order valence-electron chi connectivity index (χ4n) is 2.82. The minimum absolute atomic E-state index is 0.0127. The van der Waals surface area contributed by atoms with Crippen molar-refractivity contribution in [1.82, 2.24) is 5.32 Å². The Hall–Kier alpha value is -0.640. The molecule has 19 heavy (non-hydrogen) atoms. The van der Waals surface area contributed by atoms with Crippen LogP contribution in [0, 0.1) is 11.2 Å². The minimum atomic E-state index is -0.276. The van der Waals surface area contributed by atoms with Gasteiger partial charge in [-0.25, -0.2) is 4.39 Å². The lowest BCUT2D eigenvalue weighted by Crippen LogP contribution is -2.38. The number of nitrogens with one attached hydrogen (secondary N) is 1. The van der Waals surface area contributed by atoms with Gasteiger partial charge in [-0.05, 0) is 25.0 Å². The molecule has 2 nitrogen and oxygen atoms in total. The van der Waals surface area contributed by atoms with Gasteiger partial charge in [0, 0.05) is 35.7 Å². The van der Waals surface area contributed by atoms with Gasteiger partial charge in [-0.2, -0.15) is 0 Å². The number of hydrogen-bond acceptors (Lipinski definition) is 2. The number of hydrogen-bond donors (Lipinski definition) is 2. The van der Waals surface area contributed by atoms with Crippen LogP contribution in [0.1, 0.15) is 37.7 Å². The lowest BCUT2D eigenvalue weighted by Gasteiger charge is -2.35. The highest BCUT2D eigenvalue weighted by Gasteiger charge is 2.30. The Kier molecular flexibility index (Phi) is 5.20. The molecule has 4 heteroatoms. The first kappa shape index (κ1) is 14.8. The van der Waals surface area contributed by atoms with Crippen LogP contribution in [-0.4, -0.2) is 18.3 Å². The number of aliphatic hydroxyl groups excluding tert-OH is 1. The predicted octanol–water partition coefficient (Wildman–Crippen LogP) is 3.51. The summed E-state index contributed by atoms with van der Waals surface area (Å²) >= 11 is 5.72. The van der Waals surface area contributed by atoms with Gasteiger partial charge in [0.15, 0.2) is 0 Å². The Morgan fingerprint density at radius 1 is 1.26 bits per heavy atom. The maximum absolute atomic E-state index is 13.6. The summed E-state index contributed by atoms with van der Waals surface area (Å²) in [5.41, 5.74) is 0.606. The van der Waals surface area contributed by atoms with Gasteiger partial charge in [0.25, 0.3) is 0 Å². The third kappa shape index (κ3) is 3.91. The molecule has 106 valence electrons. The average molecular weight is 286 g/mol. The van der Waals surface area contributed by atoms with Gasteiger partial charge in [0.2, 0.25) is 0 Å². The molecule has 1 aromatic rings. The molecule has 1 saturated carbocycles. The lowest BCUT2D eigenvalue weighted by molar-refractivity contribution is 0.0810. The van der Waals surface area contributed by atoms with Crippen molar-refractivity contribution in [1.29, 1.82) is 0 Å². The molecular weight excluding hydrogens is 265 g/mol. The number of rotatable bonds is 5. The molecule has 0 heterocycles. The van der Waals surface area contributed by atoms with E-state index in [4.69, 9.17) is 11.6 Å². The lowest BCUT2D eigenvalue weighted by atomic mass is 9.74. The van der Waals surface area contributed by atoms with Crippen molar-refractivity contribution < 1.29 is 9.50 Å². The largest absolute Gasteiger partial charge is 0.396 e. The van der Waals surface area contributed by atoms with Gasteiger partial charge in [0.05, 0.1) is 0 Å². The molecule has 0 spiro atoms. The molecule has 1 fully saturated rings. The molecule has 1 aliphatic carbocycles. The van der Waals surface area contributed by atoms with Gasteiger partial charge in [-0.1, -0.05) is 36.9 Å². The van der Waals surface area contributed by atoms with Crippen LogP contribution in [-0.2, 0) is 6.54 Å². The standard InChI is InChI=1S/C15H21ClFNO/c16-13-5-4-12(14(17)8-13)9-18-10-15(11-19)6-2-1-3-7-15/h4-5,8,18-19H,1-3,6-7,9-11H2. The Balaban J connectivity index is 1.88. The van der Waals surface area contributed by atoms with E-state index in [0.29, 0.717) is 17.1 Å². The number of benzene rings is 1. The highest BCUT2D eigenvalue weighted by atomic mass is 35.5. The van der Waals surface area contributed by atoms with Gasteiger partial charge in [-0.15, -0.1) is 0 Å². The van der Waals surface area contributed by atoms with Gasteiger partial charge in [-0.3, -0.25) is 0 Å². The van der Waals surface area contributed by atoms with Crippen LogP contribution < -0.4 is 5.32 Å². The Bertz CT molecular complexity index is 419. The van der Waals surface area contributed by atoms with Crippen molar-refractivity contribution >= 4 is 11.6 Å². The molecule has 0 atom stereocenters. The normalized spacial score (nSPS) is 18.5. The zero-order valence-corrected chi connectivity index (χ0v) is 11.8. The molecule has 2 N–H and O–H groups in total. The summed E-state index contributed by atoms with van der Waals surface area (Å²) in [6.45, 7) is 1.43. The van der Waals surface area contributed by atoms with E-state index in [1.54, 1.807) is 12.1 Å². The number of aliphatic hydroxyl groups is 1. The SMILES string of the molecule is OCC1(CNCc2ccc(Cl)cc2F)CCCCC1. The molecule has 0 saturated heterocycles. The van der Waals surface area contributed by atoms with Gasteiger partial charge in [0.1, 0.15) is 5.82 Å². The maximum Gasteiger partial charge on any atom is 0.129 e. The molecular formula is C15H21ClFNO. The Morgan fingerprint density at radius 3 is 2.63 bits per heavy atom. The molecule has 0 unspecified atom stereocenters. The van der Waals surface area contributed by atoms with E-state index in [0.717, 1.165) is 19.4 Å². The topological polar surface area (TPSA) is 32.3 Å². The summed E-state index contributed by atoms with van der Waals surface area (Å²) in [5.74, 6) is -0.276. The van der Waals surface area contributed by atoms with Crippen LogP contribution in [0.3, 0.4) is 0 Å². The third-order valence-electron chi connectivity index (χ3n) is 4.08. The van der Waals surface area contributed by atoms with Crippen molar-refractivity contribution in [3.63, 3.8) is 0 Å². The third-order valence-corrected chi connectivity index (χ3v) is 4.32. The minimum Gasteiger partial charge on any atom is -0.396 e. The quantitative estimate of drug-likeness (QED) is 0.868. The van der Waals surface area contributed by atoms with E-state index in [1.807, 2.05) is 0 Å². The summed E-state index contributed by atoms with van der Waals surface area (Å²) in [5, 5.41) is 13.3. The molecule has 1 aromatic carbocycles. The van der Waals surface area contributed by atoms with E-state index in [1.165, 1.54) is 25.3 Å². The van der Waals surface area contributed by atoms with Crippen LogP contribution in [0.25, 0.3) is 0 Å². The van der Waals surface area contributed by atoms with Crippen LogP contribution in [0.15, 0.2) is 18.2 Å². The summed E-state index contributed by atoms with van der Waals surface area (Å²) < 4.78 is 13.6. The van der Waals surface area contributed by atoms with Crippen LogP contribution >= 0.6 is 11.6 Å². The van der Waals surface area contributed by atoms with Crippen molar-refractivity contribution in [2.45, 2.75) is 38.6 Å². The van der Waals surface area contributed by atoms with Crippen molar-refractivity contribution in [2.75, 3.05) is 13.2 Å². The summed E-state index contributed by atoms with van der Waals surface area (Å²) in [4.78, 5) is 0. The molecule has 0 radical (unpaired) electrons. The zero-order chi connectivity index (χ0) is 13.7. The van der Waals surface area contributed by atoms with Crippen molar-refractivity contribution in [3.8, 4) is 0 Å². The molecule has 1 aliphatic rings. The first-order valence-electron chi connectivity index (χ1n) is 6.91. The smallest absolute Gasteiger partial charge is 0.129 e. The fourth-order valence-corrected chi connectivity index (χ4v) is 2.98. The Morgan fingerprint density at radius 2 is 2.00 bits per heavy atom. The van der Waals surface area contributed by atoms with E-state index in [9.17, 15) is 9.50 Å². The number of halogens is 2. The highest BCUT2D eigenvalue weighted by Crippen LogP contribution is 2.35. The fraction of sp³-hybridized carbons (Fsp3) is 0.600. The zero-order valence-electron chi connectivity index (χ0n) is 11.1. The van der Waals surface area contributed by atoms with Crippen molar-refractivity contribution in [3.05, 3.63) is 34.6 Å². The predicted molar refractivity (Wildman–Crippen MR) is 75.7 cm³/mol. The summed E-state index contributed by atoms with van der Waals surface area (Å²) in [6, 6.07) is 4.74. The highest BCUT2D eigenvalue weighted by molar-refractivity contribution is 6.30. The van der Waals surface area contributed by atoms with Gasteiger partial charge < -0.3 is 10.4 Å².